The SMILES string of the molecule is CC1(C)c2ccc(-c3cccc(N(c4ccc(-c5ccc6c(c5)sc5ccccc56)cc4)c4cccc5c4-c4ccccc4C5(C)C)c3)cc2-c2c(-c3ccccc3)cc(-c3ccccc3)cc21. The zero-order chi connectivity index (χ0) is 45.7. The number of thiophene rings is 1. The van der Waals surface area contributed by atoms with Crippen LogP contribution in [0.15, 0.2) is 224 Å². The van der Waals surface area contributed by atoms with Gasteiger partial charge < -0.3 is 4.90 Å². The van der Waals surface area contributed by atoms with Crippen LogP contribution >= 0.6 is 11.3 Å². The molecule has 1 heterocycles. The Morgan fingerprint density at radius 3 is 1.71 bits per heavy atom. The van der Waals surface area contributed by atoms with Gasteiger partial charge in [-0.05, 0) is 144 Å². The zero-order valence-corrected chi connectivity index (χ0v) is 39.5. The summed E-state index contributed by atoms with van der Waals surface area (Å²) in [5.41, 5.74) is 23.7. The van der Waals surface area contributed by atoms with E-state index in [0.29, 0.717) is 0 Å². The second kappa shape index (κ2) is 15.4. The number of benzene rings is 10. The van der Waals surface area contributed by atoms with Crippen LogP contribution in [0.5, 0.6) is 0 Å². The van der Waals surface area contributed by atoms with Gasteiger partial charge in [-0.1, -0.05) is 191 Å². The minimum Gasteiger partial charge on any atom is -0.310 e. The molecule has 13 rings (SSSR count). The molecule has 2 aliphatic rings. The first kappa shape index (κ1) is 40.5. The highest BCUT2D eigenvalue weighted by Gasteiger charge is 2.39. The smallest absolute Gasteiger partial charge is 0.0543 e. The normalized spacial score (nSPS) is 13.8. The number of anilines is 3. The van der Waals surface area contributed by atoms with Crippen LogP contribution < -0.4 is 4.90 Å². The lowest BCUT2D eigenvalue weighted by molar-refractivity contribution is 0.660. The molecule has 0 N–H and O–H groups in total. The minimum atomic E-state index is -0.177. The van der Waals surface area contributed by atoms with E-state index in [4.69, 9.17) is 0 Å². The van der Waals surface area contributed by atoms with E-state index in [1.807, 2.05) is 11.3 Å². The Morgan fingerprint density at radius 2 is 0.882 bits per heavy atom. The van der Waals surface area contributed by atoms with E-state index in [9.17, 15) is 0 Å². The Balaban J connectivity index is 0.956. The lowest BCUT2D eigenvalue weighted by atomic mass is 9.80. The first-order chi connectivity index (χ1) is 33.2. The monoisotopic (exact) mass is 887 g/mol. The van der Waals surface area contributed by atoms with Crippen molar-refractivity contribution in [2.45, 2.75) is 38.5 Å². The molecule has 2 heteroatoms. The highest BCUT2D eigenvalue weighted by atomic mass is 32.1. The standard InChI is InChI=1S/C66H49NS/c1-65(2)56-25-13-11-24-53(56)64-58(65)26-16-27-60(64)67(49-33-29-43(30-34-49)47-31-35-52-51-23-12-14-28-61(51)68-62(52)41-47)50-22-15-21-45(37-50)46-32-36-57-55(38-46)63-54(44-19-9-6-10-20-44)39-48(40-59(63)66(57,3)4)42-17-7-5-8-18-42/h5-41H,1-4H3. The summed E-state index contributed by atoms with van der Waals surface area (Å²) in [5.74, 6) is 0. The van der Waals surface area contributed by atoms with Crippen LogP contribution in [-0.4, -0.2) is 0 Å². The van der Waals surface area contributed by atoms with Crippen molar-refractivity contribution in [1.82, 2.24) is 0 Å². The zero-order valence-electron chi connectivity index (χ0n) is 38.7. The van der Waals surface area contributed by atoms with E-state index < -0.39 is 0 Å². The van der Waals surface area contributed by atoms with Gasteiger partial charge in [-0.15, -0.1) is 11.3 Å². The van der Waals surface area contributed by atoms with E-state index in [2.05, 4.69) is 257 Å². The fraction of sp³-hybridized carbons (Fsp3) is 0.0909. The summed E-state index contributed by atoms with van der Waals surface area (Å²) in [6.07, 6.45) is 0. The van der Waals surface area contributed by atoms with Crippen LogP contribution in [0.25, 0.3) is 86.9 Å². The molecule has 0 radical (unpaired) electrons. The fourth-order valence-corrected chi connectivity index (χ4v) is 12.7. The van der Waals surface area contributed by atoms with Crippen molar-refractivity contribution >= 4 is 48.6 Å². The fourth-order valence-electron chi connectivity index (χ4n) is 11.6. The van der Waals surface area contributed by atoms with Gasteiger partial charge in [0.15, 0.2) is 0 Å². The topological polar surface area (TPSA) is 3.24 Å². The molecule has 1 nitrogen and oxygen atoms in total. The molecule has 0 atom stereocenters. The van der Waals surface area contributed by atoms with Gasteiger partial charge >= 0.3 is 0 Å². The van der Waals surface area contributed by atoms with Gasteiger partial charge in [0, 0.05) is 47.9 Å². The van der Waals surface area contributed by atoms with E-state index in [-0.39, 0.29) is 10.8 Å². The van der Waals surface area contributed by atoms with Gasteiger partial charge in [0.25, 0.3) is 0 Å². The van der Waals surface area contributed by atoms with Gasteiger partial charge in [0.2, 0.25) is 0 Å². The molecule has 0 saturated carbocycles. The Morgan fingerprint density at radius 1 is 0.309 bits per heavy atom. The maximum atomic E-state index is 2.49. The van der Waals surface area contributed by atoms with Gasteiger partial charge in [-0.25, -0.2) is 0 Å². The van der Waals surface area contributed by atoms with Gasteiger partial charge in [0.05, 0.1) is 5.69 Å². The molecule has 11 aromatic rings. The van der Waals surface area contributed by atoms with Crippen molar-refractivity contribution < 1.29 is 0 Å². The maximum absolute atomic E-state index is 2.49. The third-order valence-corrected chi connectivity index (χ3v) is 16.2. The van der Waals surface area contributed by atoms with Crippen molar-refractivity contribution in [3.63, 3.8) is 0 Å². The van der Waals surface area contributed by atoms with Gasteiger partial charge in [-0.2, -0.15) is 0 Å². The molecule has 68 heavy (non-hydrogen) atoms. The van der Waals surface area contributed by atoms with E-state index in [1.165, 1.54) is 115 Å². The largest absolute Gasteiger partial charge is 0.310 e. The van der Waals surface area contributed by atoms with Crippen molar-refractivity contribution in [2.24, 2.45) is 0 Å². The molecule has 0 fully saturated rings. The molecule has 1 aromatic heterocycles. The van der Waals surface area contributed by atoms with Crippen LogP contribution in [0.4, 0.5) is 17.1 Å². The van der Waals surface area contributed by atoms with Crippen molar-refractivity contribution in [1.29, 1.82) is 0 Å². The summed E-state index contributed by atoms with van der Waals surface area (Å²) in [6.45, 7) is 9.52. The minimum absolute atomic E-state index is 0.125. The van der Waals surface area contributed by atoms with Gasteiger partial charge in [-0.3, -0.25) is 0 Å². The number of nitrogens with zero attached hydrogens (tertiary/aromatic N) is 1. The van der Waals surface area contributed by atoms with E-state index >= 15 is 0 Å². The molecule has 0 unspecified atom stereocenters. The average molecular weight is 888 g/mol. The summed E-state index contributed by atoms with van der Waals surface area (Å²) in [5, 5.41) is 2.65. The number of hydrogen-bond acceptors (Lipinski definition) is 2. The van der Waals surface area contributed by atoms with E-state index in [1.54, 1.807) is 0 Å². The second-order valence-electron chi connectivity index (χ2n) is 19.7. The summed E-state index contributed by atoms with van der Waals surface area (Å²) in [7, 11) is 0. The molecular formula is C66H49NS. The molecule has 0 amide bonds. The average Bonchev–Trinajstić information content (AvgIpc) is 3.96. The van der Waals surface area contributed by atoms with Crippen LogP contribution in [-0.2, 0) is 10.8 Å². The molecule has 0 aliphatic heterocycles. The van der Waals surface area contributed by atoms with Crippen molar-refractivity contribution in [2.75, 3.05) is 4.90 Å². The molecule has 0 bridgehead atoms. The summed E-state index contributed by atoms with van der Waals surface area (Å²) < 4.78 is 2.65. The molecule has 0 spiro atoms. The Hall–Kier alpha value is -7.78. The third kappa shape index (κ3) is 6.28. The quantitative estimate of drug-likeness (QED) is 0.154. The highest BCUT2D eigenvalue weighted by molar-refractivity contribution is 7.25. The third-order valence-electron chi connectivity index (χ3n) is 15.1. The van der Waals surface area contributed by atoms with Crippen LogP contribution in [0.2, 0.25) is 0 Å². The second-order valence-corrected chi connectivity index (χ2v) is 20.8. The number of fused-ring (bicyclic) bond motifs is 9. The van der Waals surface area contributed by atoms with Crippen LogP contribution in [0, 0.1) is 0 Å². The summed E-state index contributed by atoms with van der Waals surface area (Å²) in [6, 6.07) is 83.8. The molecule has 0 saturated heterocycles. The lowest BCUT2D eigenvalue weighted by Crippen LogP contribution is -2.16. The van der Waals surface area contributed by atoms with Crippen LogP contribution in [0.3, 0.4) is 0 Å². The van der Waals surface area contributed by atoms with Crippen LogP contribution in [0.1, 0.15) is 49.9 Å². The predicted octanol–water partition coefficient (Wildman–Crippen LogP) is 18.8. The lowest BCUT2D eigenvalue weighted by Gasteiger charge is -2.29. The maximum Gasteiger partial charge on any atom is 0.0543 e. The predicted molar refractivity (Wildman–Crippen MR) is 291 cm³/mol. The molecule has 324 valence electrons. The van der Waals surface area contributed by atoms with E-state index in [0.717, 1.165) is 11.4 Å². The Bertz CT molecular complexity index is 3780. The number of hydrogen-bond donors (Lipinski definition) is 0. The van der Waals surface area contributed by atoms with Gasteiger partial charge in [0.1, 0.15) is 0 Å². The Kier molecular flexibility index (Phi) is 9.16. The molecule has 2 aliphatic carbocycles. The molecular weight excluding hydrogens is 839 g/mol. The first-order valence-electron chi connectivity index (χ1n) is 23.8. The van der Waals surface area contributed by atoms with Crippen molar-refractivity contribution in [3.8, 4) is 66.8 Å². The Labute approximate surface area is 403 Å². The summed E-state index contributed by atoms with van der Waals surface area (Å²) in [4.78, 5) is 2.49. The van der Waals surface area contributed by atoms with Crippen molar-refractivity contribution in [3.05, 3.63) is 247 Å². The summed E-state index contributed by atoms with van der Waals surface area (Å²) >= 11 is 1.87. The molecule has 10 aromatic carbocycles. The number of rotatable bonds is 7. The highest BCUT2D eigenvalue weighted by Crippen LogP contribution is 2.56. The first-order valence-corrected chi connectivity index (χ1v) is 24.6.